The van der Waals surface area contributed by atoms with Gasteiger partial charge in [-0.2, -0.15) is 0 Å². The number of nitrogens with zero attached hydrogens (tertiary/aromatic N) is 2. The molecule has 3 aromatic heterocycles. The molecular weight excluding hydrogens is 434 g/mol. The number of H-pyrrole nitrogens is 1. The van der Waals surface area contributed by atoms with Crippen molar-refractivity contribution in [2.75, 3.05) is 0 Å². The number of unbranched alkanes of at least 4 members (excludes halogenated alkanes) is 1. The number of aryl methyl sites for hydroxylation is 2. The zero-order valence-corrected chi connectivity index (χ0v) is 18.8. The summed E-state index contributed by atoms with van der Waals surface area (Å²) in [5.74, 6) is 1.11. The SMILES string of the molecule is CCCCn1c(=O)[nH]c(=O)c2c(CC)c(-c3ccc(Oc4ccc(Cl)cc4)nc3)sc21. The average Bonchev–Trinajstić information content (AvgIpc) is 3.16. The summed E-state index contributed by atoms with van der Waals surface area (Å²) in [5.41, 5.74) is 1.13. The minimum Gasteiger partial charge on any atom is -0.439 e. The Balaban J connectivity index is 1.75. The van der Waals surface area contributed by atoms with E-state index in [9.17, 15) is 9.59 Å². The van der Waals surface area contributed by atoms with Gasteiger partial charge in [0.1, 0.15) is 10.6 Å². The molecule has 0 aliphatic carbocycles. The molecule has 0 radical (unpaired) electrons. The molecule has 4 rings (SSSR count). The third-order valence-electron chi connectivity index (χ3n) is 5.05. The number of aromatic nitrogens is 3. The number of ether oxygens (including phenoxy) is 1. The Labute approximate surface area is 188 Å². The van der Waals surface area contributed by atoms with Gasteiger partial charge in [0.05, 0.1) is 5.39 Å². The van der Waals surface area contributed by atoms with Crippen molar-refractivity contribution in [3.63, 3.8) is 0 Å². The van der Waals surface area contributed by atoms with Crippen LogP contribution in [0.3, 0.4) is 0 Å². The van der Waals surface area contributed by atoms with Gasteiger partial charge in [0.2, 0.25) is 5.88 Å². The molecular formula is C23H22ClN3O3S. The molecule has 160 valence electrons. The molecule has 8 heteroatoms. The summed E-state index contributed by atoms with van der Waals surface area (Å²) in [5, 5.41) is 1.24. The van der Waals surface area contributed by atoms with Gasteiger partial charge in [-0.3, -0.25) is 14.3 Å². The van der Waals surface area contributed by atoms with Crippen LogP contribution in [0.4, 0.5) is 0 Å². The van der Waals surface area contributed by atoms with E-state index in [0.717, 1.165) is 33.7 Å². The minimum atomic E-state index is -0.355. The van der Waals surface area contributed by atoms with E-state index in [1.54, 1.807) is 41.1 Å². The number of hydrogen-bond donors (Lipinski definition) is 1. The van der Waals surface area contributed by atoms with Crippen LogP contribution in [0.5, 0.6) is 11.6 Å². The second-order valence-electron chi connectivity index (χ2n) is 7.15. The Kier molecular flexibility index (Phi) is 6.25. The molecule has 31 heavy (non-hydrogen) atoms. The van der Waals surface area contributed by atoms with Gasteiger partial charge in [-0.15, -0.1) is 11.3 Å². The second kappa shape index (κ2) is 9.08. The quantitative estimate of drug-likeness (QED) is 0.392. The lowest BCUT2D eigenvalue weighted by Crippen LogP contribution is -2.29. The van der Waals surface area contributed by atoms with Gasteiger partial charge in [-0.05, 0) is 48.7 Å². The molecule has 0 saturated heterocycles. The highest BCUT2D eigenvalue weighted by molar-refractivity contribution is 7.22. The molecule has 3 heterocycles. The summed E-state index contributed by atoms with van der Waals surface area (Å²) < 4.78 is 7.45. The number of pyridine rings is 1. The highest BCUT2D eigenvalue weighted by atomic mass is 35.5. The van der Waals surface area contributed by atoms with Crippen LogP contribution in [0.2, 0.25) is 5.02 Å². The zero-order valence-electron chi connectivity index (χ0n) is 17.3. The topological polar surface area (TPSA) is 77.0 Å². The second-order valence-corrected chi connectivity index (χ2v) is 8.58. The predicted octanol–water partition coefficient (Wildman–Crippen LogP) is 5.62. The van der Waals surface area contributed by atoms with Crippen molar-refractivity contribution in [3.8, 4) is 22.1 Å². The molecule has 4 aromatic rings. The van der Waals surface area contributed by atoms with E-state index in [1.165, 1.54) is 11.3 Å². The van der Waals surface area contributed by atoms with Gasteiger partial charge in [0.15, 0.2) is 0 Å². The first-order valence-corrected chi connectivity index (χ1v) is 11.4. The maximum atomic E-state index is 12.6. The van der Waals surface area contributed by atoms with E-state index >= 15 is 0 Å². The van der Waals surface area contributed by atoms with Crippen molar-refractivity contribution < 1.29 is 4.74 Å². The Morgan fingerprint density at radius 1 is 1.13 bits per heavy atom. The lowest BCUT2D eigenvalue weighted by molar-refractivity contribution is 0.463. The van der Waals surface area contributed by atoms with Crippen molar-refractivity contribution in [2.45, 2.75) is 39.7 Å². The average molecular weight is 456 g/mol. The Hall–Kier alpha value is -2.90. The third-order valence-corrected chi connectivity index (χ3v) is 6.61. The van der Waals surface area contributed by atoms with Crippen LogP contribution in [-0.4, -0.2) is 14.5 Å². The lowest BCUT2D eigenvalue weighted by Gasteiger charge is -2.06. The first-order chi connectivity index (χ1) is 15.0. The number of nitrogens with one attached hydrogen (secondary N) is 1. The van der Waals surface area contributed by atoms with Crippen molar-refractivity contribution in [3.05, 3.63) is 74.0 Å². The number of benzene rings is 1. The Morgan fingerprint density at radius 3 is 2.55 bits per heavy atom. The largest absolute Gasteiger partial charge is 0.439 e. The van der Waals surface area contributed by atoms with E-state index in [0.29, 0.717) is 35.0 Å². The van der Waals surface area contributed by atoms with Crippen LogP contribution in [0.1, 0.15) is 32.3 Å². The van der Waals surface area contributed by atoms with Crippen LogP contribution in [0, 0.1) is 0 Å². The fourth-order valence-corrected chi connectivity index (χ4v) is 5.01. The molecule has 0 aliphatic rings. The summed E-state index contributed by atoms with van der Waals surface area (Å²) in [6, 6.07) is 10.8. The molecule has 6 nitrogen and oxygen atoms in total. The zero-order chi connectivity index (χ0) is 22.0. The summed E-state index contributed by atoms with van der Waals surface area (Å²) in [6.45, 7) is 4.67. The van der Waals surface area contributed by atoms with Crippen molar-refractivity contribution in [2.24, 2.45) is 0 Å². The number of rotatable bonds is 7. The fourth-order valence-electron chi connectivity index (χ4n) is 3.48. The van der Waals surface area contributed by atoms with Crippen molar-refractivity contribution >= 4 is 33.2 Å². The lowest BCUT2D eigenvalue weighted by atomic mass is 10.1. The molecule has 0 atom stereocenters. The summed E-state index contributed by atoms with van der Waals surface area (Å²) in [6.07, 6.45) is 4.24. The van der Waals surface area contributed by atoms with Gasteiger partial charge in [-0.1, -0.05) is 31.9 Å². The molecule has 0 aliphatic heterocycles. The molecule has 0 spiro atoms. The minimum absolute atomic E-state index is 0.331. The molecule has 1 N–H and O–H groups in total. The van der Waals surface area contributed by atoms with Crippen LogP contribution in [0.25, 0.3) is 20.7 Å². The highest BCUT2D eigenvalue weighted by Gasteiger charge is 2.19. The van der Waals surface area contributed by atoms with Gasteiger partial charge in [-0.25, -0.2) is 9.78 Å². The Morgan fingerprint density at radius 2 is 1.90 bits per heavy atom. The van der Waals surface area contributed by atoms with Crippen LogP contribution < -0.4 is 16.0 Å². The first-order valence-electron chi connectivity index (χ1n) is 10.2. The van der Waals surface area contributed by atoms with E-state index in [2.05, 4.69) is 16.9 Å². The van der Waals surface area contributed by atoms with Crippen molar-refractivity contribution in [1.29, 1.82) is 0 Å². The smallest absolute Gasteiger partial charge is 0.329 e. The van der Waals surface area contributed by atoms with E-state index < -0.39 is 0 Å². The van der Waals surface area contributed by atoms with Gasteiger partial charge < -0.3 is 4.74 Å². The molecule has 0 amide bonds. The van der Waals surface area contributed by atoms with Gasteiger partial charge in [0, 0.05) is 34.3 Å². The van der Waals surface area contributed by atoms with Gasteiger partial charge >= 0.3 is 5.69 Å². The van der Waals surface area contributed by atoms with E-state index in [1.807, 2.05) is 13.0 Å². The maximum absolute atomic E-state index is 12.6. The fraction of sp³-hybridized carbons (Fsp3) is 0.261. The standard InChI is InChI=1S/C23H22ClN3O3S/c1-3-5-12-27-22-19(21(28)26-23(27)29)17(4-2)20(31-22)14-6-11-18(25-13-14)30-16-9-7-15(24)8-10-16/h6-11,13H,3-5,12H2,1-2H3,(H,26,28,29). The summed E-state index contributed by atoms with van der Waals surface area (Å²) >= 11 is 7.38. The van der Waals surface area contributed by atoms with E-state index in [4.69, 9.17) is 16.3 Å². The number of halogens is 1. The number of aromatic amines is 1. The monoisotopic (exact) mass is 455 g/mol. The molecule has 0 saturated carbocycles. The Bertz CT molecular complexity index is 1320. The van der Waals surface area contributed by atoms with Crippen molar-refractivity contribution in [1.82, 2.24) is 14.5 Å². The molecule has 1 aromatic carbocycles. The summed E-state index contributed by atoms with van der Waals surface area (Å²) in [7, 11) is 0. The number of thiophene rings is 1. The molecule has 0 bridgehead atoms. The highest BCUT2D eigenvalue weighted by Crippen LogP contribution is 2.37. The van der Waals surface area contributed by atoms with Gasteiger partial charge in [0.25, 0.3) is 5.56 Å². The van der Waals surface area contributed by atoms with Crippen LogP contribution >= 0.6 is 22.9 Å². The first kappa shape index (κ1) is 21.3. The van der Waals surface area contributed by atoms with Crippen LogP contribution in [-0.2, 0) is 13.0 Å². The third kappa shape index (κ3) is 4.29. The van der Waals surface area contributed by atoms with E-state index in [-0.39, 0.29) is 11.2 Å². The summed E-state index contributed by atoms with van der Waals surface area (Å²) in [4.78, 5) is 33.6. The molecule has 0 unspecified atom stereocenters. The number of fused-ring (bicyclic) bond motifs is 1. The maximum Gasteiger partial charge on any atom is 0.329 e. The predicted molar refractivity (Wildman–Crippen MR) is 126 cm³/mol. The normalized spacial score (nSPS) is 11.2. The van der Waals surface area contributed by atoms with Crippen LogP contribution in [0.15, 0.2) is 52.2 Å². The number of hydrogen-bond acceptors (Lipinski definition) is 5. The molecule has 0 fully saturated rings.